The number of aromatic nitrogens is 1. The van der Waals surface area contributed by atoms with Gasteiger partial charge in [0.25, 0.3) is 0 Å². The third kappa shape index (κ3) is 3.56. The summed E-state index contributed by atoms with van der Waals surface area (Å²) in [7, 11) is 0. The van der Waals surface area contributed by atoms with E-state index in [1.165, 1.54) is 35.7 Å². The molecule has 1 saturated heterocycles. The second-order valence-electron chi connectivity index (χ2n) is 6.12. The fourth-order valence-electron chi connectivity index (χ4n) is 3.52. The molecular weight excluding hydrogens is 303 g/mol. The van der Waals surface area contributed by atoms with Crippen LogP contribution in [0.5, 0.6) is 0 Å². The van der Waals surface area contributed by atoms with E-state index in [1.807, 2.05) is 6.07 Å². The van der Waals surface area contributed by atoms with Crippen molar-refractivity contribution in [3.63, 3.8) is 0 Å². The summed E-state index contributed by atoms with van der Waals surface area (Å²) in [4.78, 5) is 6.01. The first-order valence-electron chi connectivity index (χ1n) is 7.66. The molecule has 1 fully saturated rings. The molecule has 3 rings (SSSR count). The monoisotopic (exact) mass is 326 g/mol. The number of rotatable bonds is 3. The van der Waals surface area contributed by atoms with Gasteiger partial charge in [-0.25, -0.2) is 0 Å². The van der Waals surface area contributed by atoms with Crippen LogP contribution in [0.15, 0.2) is 24.4 Å². The number of likely N-dealkylation sites (tertiary alicyclic amines) is 1. The first kappa shape index (κ1) is 16.7. The van der Waals surface area contributed by atoms with Crippen LogP contribution in [-0.4, -0.2) is 28.5 Å². The lowest BCUT2D eigenvalue weighted by Gasteiger charge is -2.39. The molecule has 2 atom stereocenters. The standard InChI is InChI=1S/C17H23ClN2.ClH/c1-12-4-3-5-13(2)20(12)9-8-14-11-19-17-7-6-15(18)10-16(14)17;/h6-7,10-13,19H,3-5,8-9H2,1-2H3;1H. The number of aromatic amines is 1. The zero-order valence-electron chi connectivity index (χ0n) is 12.7. The minimum absolute atomic E-state index is 0. The Kier molecular flexibility index (Phi) is 5.59. The van der Waals surface area contributed by atoms with Crippen molar-refractivity contribution in [2.45, 2.75) is 51.6 Å². The second kappa shape index (κ2) is 7.04. The van der Waals surface area contributed by atoms with Gasteiger partial charge in [-0.3, -0.25) is 4.90 Å². The van der Waals surface area contributed by atoms with Gasteiger partial charge in [0.15, 0.2) is 0 Å². The minimum Gasteiger partial charge on any atom is -0.361 e. The lowest BCUT2D eigenvalue weighted by molar-refractivity contribution is 0.105. The van der Waals surface area contributed by atoms with Gasteiger partial charge in [-0.1, -0.05) is 18.0 Å². The lowest BCUT2D eigenvalue weighted by atomic mass is 9.97. The van der Waals surface area contributed by atoms with Gasteiger partial charge in [0.05, 0.1) is 0 Å². The fourth-order valence-corrected chi connectivity index (χ4v) is 3.69. The highest BCUT2D eigenvalue weighted by Crippen LogP contribution is 2.25. The lowest BCUT2D eigenvalue weighted by Crippen LogP contribution is -2.44. The Hall–Kier alpha value is -0.700. The van der Waals surface area contributed by atoms with Gasteiger partial charge in [0, 0.05) is 40.8 Å². The molecule has 2 nitrogen and oxygen atoms in total. The van der Waals surface area contributed by atoms with Crippen LogP contribution < -0.4 is 0 Å². The Morgan fingerprint density at radius 3 is 2.67 bits per heavy atom. The molecule has 1 N–H and O–H groups in total. The topological polar surface area (TPSA) is 19.0 Å². The zero-order valence-corrected chi connectivity index (χ0v) is 14.3. The largest absolute Gasteiger partial charge is 0.361 e. The molecule has 1 aromatic carbocycles. The van der Waals surface area contributed by atoms with Crippen LogP contribution in [0.3, 0.4) is 0 Å². The molecule has 2 unspecified atom stereocenters. The van der Waals surface area contributed by atoms with Crippen LogP contribution in [0.1, 0.15) is 38.7 Å². The third-order valence-corrected chi connectivity index (χ3v) is 4.98. The van der Waals surface area contributed by atoms with E-state index in [2.05, 4.69) is 42.1 Å². The van der Waals surface area contributed by atoms with Gasteiger partial charge >= 0.3 is 0 Å². The number of nitrogens with one attached hydrogen (secondary N) is 1. The van der Waals surface area contributed by atoms with E-state index in [0.717, 1.165) is 18.0 Å². The van der Waals surface area contributed by atoms with E-state index in [9.17, 15) is 0 Å². The van der Waals surface area contributed by atoms with E-state index in [4.69, 9.17) is 11.6 Å². The Balaban J connectivity index is 0.00000161. The van der Waals surface area contributed by atoms with Crippen molar-refractivity contribution in [1.82, 2.24) is 9.88 Å². The summed E-state index contributed by atoms with van der Waals surface area (Å²) in [6, 6.07) is 7.51. The molecule has 0 spiro atoms. The number of benzene rings is 1. The number of H-pyrrole nitrogens is 1. The van der Waals surface area contributed by atoms with Crippen molar-refractivity contribution < 1.29 is 0 Å². The molecule has 0 radical (unpaired) electrons. The number of piperidine rings is 1. The first-order valence-corrected chi connectivity index (χ1v) is 8.04. The smallest absolute Gasteiger partial charge is 0.0457 e. The third-order valence-electron chi connectivity index (χ3n) is 4.74. The Labute approximate surface area is 138 Å². The summed E-state index contributed by atoms with van der Waals surface area (Å²) in [5, 5.41) is 2.09. The quantitative estimate of drug-likeness (QED) is 0.836. The number of hydrogen-bond donors (Lipinski definition) is 1. The molecule has 116 valence electrons. The number of fused-ring (bicyclic) bond motifs is 1. The predicted molar refractivity (Wildman–Crippen MR) is 93.7 cm³/mol. The maximum absolute atomic E-state index is 6.12. The van der Waals surface area contributed by atoms with Gasteiger partial charge in [-0.05, 0) is 56.9 Å². The van der Waals surface area contributed by atoms with Crippen LogP contribution >= 0.6 is 24.0 Å². The van der Waals surface area contributed by atoms with Crippen molar-refractivity contribution >= 4 is 34.9 Å². The number of hydrogen-bond acceptors (Lipinski definition) is 1. The number of halogens is 2. The number of nitrogens with zero attached hydrogens (tertiary/aromatic N) is 1. The average Bonchev–Trinajstić information content (AvgIpc) is 2.81. The van der Waals surface area contributed by atoms with Crippen LogP contribution in [0.2, 0.25) is 5.02 Å². The molecule has 1 aliphatic heterocycles. The van der Waals surface area contributed by atoms with Crippen molar-refractivity contribution in [3.05, 3.63) is 35.0 Å². The summed E-state index contributed by atoms with van der Waals surface area (Å²) >= 11 is 6.12. The molecule has 0 aliphatic carbocycles. The molecule has 1 aliphatic rings. The highest BCUT2D eigenvalue weighted by molar-refractivity contribution is 6.31. The van der Waals surface area contributed by atoms with E-state index in [-0.39, 0.29) is 12.4 Å². The Bertz CT molecular complexity index is 583. The summed E-state index contributed by atoms with van der Waals surface area (Å²) in [5.74, 6) is 0. The maximum Gasteiger partial charge on any atom is 0.0457 e. The highest BCUT2D eigenvalue weighted by Gasteiger charge is 2.24. The Morgan fingerprint density at radius 2 is 1.95 bits per heavy atom. The van der Waals surface area contributed by atoms with Gasteiger partial charge < -0.3 is 4.98 Å². The first-order chi connectivity index (χ1) is 9.65. The van der Waals surface area contributed by atoms with Crippen molar-refractivity contribution in [2.24, 2.45) is 0 Å². The van der Waals surface area contributed by atoms with E-state index < -0.39 is 0 Å². The summed E-state index contributed by atoms with van der Waals surface area (Å²) < 4.78 is 0. The highest BCUT2D eigenvalue weighted by atomic mass is 35.5. The van der Waals surface area contributed by atoms with Crippen LogP contribution in [0.25, 0.3) is 10.9 Å². The fraction of sp³-hybridized carbons (Fsp3) is 0.529. The van der Waals surface area contributed by atoms with E-state index >= 15 is 0 Å². The van der Waals surface area contributed by atoms with Gasteiger partial charge in [0.1, 0.15) is 0 Å². The van der Waals surface area contributed by atoms with E-state index in [1.54, 1.807) is 0 Å². The predicted octanol–water partition coefficient (Wildman–Crippen LogP) is 5.05. The molecule has 2 heterocycles. The van der Waals surface area contributed by atoms with Crippen molar-refractivity contribution in [2.75, 3.05) is 6.54 Å². The minimum atomic E-state index is 0. The van der Waals surface area contributed by atoms with Crippen LogP contribution in [0, 0.1) is 0 Å². The maximum atomic E-state index is 6.12. The summed E-state index contributed by atoms with van der Waals surface area (Å²) in [6.45, 7) is 5.87. The zero-order chi connectivity index (χ0) is 14.1. The van der Waals surface area contributed by atoms with Gasteiger partial charge in [-0.2, -0.15) is 0 Å². The Morgan fingerprint density at radius 1 is 1.24 bits per heavy atom. The molecule has 21 heavy (non-hydrogen) atoms. The normalized spacial score (nSPS) is 23.2. The van der Waals surface area contributed by atoms with Gasteiger partial charge in [-0.15, -0.1) is 12.4 Å². The summed E-state index contributed by atoms with van der Waals surface area (Å²) in [6.07, 6.45) is 7.28. The van der Waals surface area contributed by atoms with Crippen molar-refractivity contribution in [3.8, 4) is 0 Å². The van der Waals surface area contributed by atoms with Crippen LogP contribution in [0.4, 0.5) is 0 Å². The second-order valence-corrected chi connectivity index (χ2v) is 6.56. The molecule has 2 aromatic rings. The molecule has 4 heteroatoms. The molecule has 1 aromatic heterocycles. The SMILES string of the molecule is CC1CCCC(C)N1CCc1c[nH]c2ccc(Cl)cc12.Cl. The van der Waals surface area contributed by atoms with Crippen LogP contribution in [-0.2, 0) is 6.42 Å². The van der Waals surface area contributed by atoms with Crippen molar-refractivity contribution in [1.29, 1.82) is 0 Å². The molecule has 0 saturated carbocycles. The summed E-state index contributed by atoms with van der Waals surface area (Å²) in [5.41, 5.74) is 2.57. The van der Waals surface area contributed by atoms with E-state index in [0.29, 0.717) is 12.1 Å². The average molecular weight is 327 g/mol. The molecule has 0 amide bonds. The van der Waals surface area contributed by atoms with Gasteiger partial charge in [0.2, 0.25) is 0 Å². The molecular formula is C17H24Cl2N2. The molecule has 0 bridgehead atoms.